The second-order valence-corrected chi connectivity index (χ2v) is 0.941. The quantitative estimate of drug-likeness (QED) is 0.368. The second-order valence-electron chi connectivity index (χ2n) is 0.758. The van der Waals surface area contributed by atoms with Crippen LogP contribution in [0.25, 0.3) is 0 Å². The SMILES string of the molecule is CNC(=O)N=C=S. The third-order valence-electron chi connectivity index (χ3n) is 0.361. The molecule has 0 fully saturated rings. The van der Waals surface area contributed by atoms with E-state index in [9.17, 15) is 4.79 Å². The molecule has 1 N–H and O–H groups in total. The van der Waals surface area contributed by atoms with Gasteiger partial charge in [0.25, 0.3) is 0 Å². The monoisotopic (exact) mass is 116 g/mol. The van der Waals surface area contributed by atoms with Gasteiger partial charge in [-0.25, -0.2) is 4.79 Å². The molecule has 3 nitrogen and oxygen atoms in total. The summed E-state index contributed by atoms with van der Waals surface area (Å²) in [4.78, 5) is 13.1. The number of amides is 2. The minimum Gasteiger partial charge on any atom is -0.339 e. The normalized spacial score (nSPS) is 6.43. The number of hydrogen-bond donors (Lipinski definition) is 1. The second kappa shape index (κ2) is 3.46. The van der Waals surface area contributed by atoms with Gasteiger partial charge in [0.2, 0.25) is 0 Å². The van der Waals surface area contributed by atoms with E-state index in [1.165, 1.54) is 7.05 Å². The molecule has 0 heterocycles. The van der Waals surface area contributed by atoms with Gasteiger partial charge in [0, 0.05) is 7.05 Å². The van der Waals surface area contributed by atoms with Crippen molar-refractivity contribution in [2.75, 3.05) is 7.05 Å². The number of carbonyl (C=O) groups excluding carboxylic acids is 1. The number of carbonyl (C=O) groups is 1. The van der Waals surface area contributed by atoms with E-state index in [2.05, 4.69) is 22.5 Å². The number of nitrogens with zero attached hydrogens (tertiary/aromatic N) is 1. The fourth-order valence-electron chi connectivity index (χ4n) is 0.0974. The van der Waals surface area contributed by atoms with Gasteiger partial charge in [-0.1, -0.05) is 0 Å². The van der Waals surface area contributed by atoms with Gasteiger partial charge in [-0.05, 0) is 12.2 Å². The third-order valence-corrected chi connectivity index (χ3v) is 0.452. The Bertz CT molecular complexity index is 116. The lowest BCUT2D eigenvalue weighted by atomic mass is 11.0. The first-order chi connectivity index (χ1) is 3.31. The minimum absolute atomic E-state index is 0.463. The molecule has 7 heavy (non-hydrogen) atoms. The van der Waals surface area contributed by atoms with Crippen LogP contribution in [0.2, 0.25) is 0 Å². The molecule has 0 atom stereocenters. The van der Waals surface area contributed by atoms with Crippen molar-refractivity contribution in [2.45, 2.75) is 0 Å². The summed E-state index contributed by atoms with van der Waals surface area (Å²) < 4.78 is 0. The number of isothiocyanates is 1. The number of urea groups is 1. The zero-order valence-electron chi connectivity index (χ0n) is 3.76. The first-order valence-corrected chi connectivity index (χ1v) is 2.01. The summed E-state index contributed by atoms with van der Waals surface area (Å²) in [6.45, 7) is 0. The Morgan fingerprint density at radius 2 is 2.57 bits per heavy atom. The molecule has 4 heteroatoms. The summed E-state index contributed by atoms with van der Waals surface area (Å²) in [5, 5.41) is 4.15. The van der Waals surface area contributed by atoms with Gasteiger partial charge in [-0.2, -0.15) is 0 Å². The molecule has 0 aromatic carbocycles. The van der Waals surface area contributed by atoms with Crippen LogP contribution in [-0.2, 0) is 0 Å². The Kier molecular flexibility index (Phi) is 3.10. The van der Waals surface area contributed by atoms with E-state index in [-0.39, 0.29) is 0 Å². The number of hydrogen-bond acceptors (Lipinski definition) is 2. The number of nitrogens with one attached hydrogen (secondary N) is 1. The summed E-state index contributed by atoms with van der Waals surface area (Å²) in [6.07, 6.45) is 0. The van der Waals surface area contributed by atoms with Crippen molar-refractivity contribution in [2.24, 2.45) is 4.99 Å². The summed E-state index contributed by atoms with van der Waals surface area (Å²) in [5.41, 5.74) is 0. The van der Waals surface area contributed by atoms with E-state index in [1.54, 1.807) is 0 Å². The predicted octanol–water partition coefficient (Wildman–Crippen LogP) is 0.429. The standard InChI is InChI=1S/C3H4N2OS/c1-4-3(6)5-2-7/h1H3,(H,4,6). The third kappa shape index (κ3) is 3.09. The van der Waals surface area contributed by atoms with Gasteiger partial charge in [0.05, 0.1) is 5.16 Å². The molecule has 0 saturated carbocycles. The average molecular weight is 116 g/mol. The van der Waals surface area contributed by atoms with Crippen LogP contribution >= 0.6 is 12.2 Å². The van der Waals surface area contributed by atoms with Crippen molar-refractivity contribution in [3.63, 3.8) is 0 Å². The van der Waals surface area contributed by atoms with E-state index in [4.69, 9.17) is 0 Å². The lowest BCUT2D eigenvalue weighted by molar-refractivity contribution is 0.251. The fraction of sp³-hybridized carbons (Fsp3) is 0.333. The first-order valence-electron chi connectivity index (χ1n) is 1.61. The van der Waals surface area contributed by atoms with Gasteiger partial charge in [0.15, 0.2) is 0 Å². The van der Waals surface area contributed by atoms with E-state index in [0.29, 0.717) is 0 Å². The van der Waals surface area contributed by atoms with Gasteiger partial charge < -0.3 is 5.32 Å². The predicted molar refractivity (Wildman–Crippen MR) is 29.5 cm³/mol. The largest absolute Gasteiger partial charge is 0.349 e. The lowest BCUT2D eigenvalue weighted by Crippen LogP contribution is -2.11. The van der Waals surface area contributed by atoms with Crippen molar-refractivity contribution in [1.82, 2.24) is 5.32 Å². The van der Waals surface area contributed by atoms with E-state index in [0.717, 1.165) is 0 Å². The van der Waals surface area contributed by atoms with Crippen LogP contribution in [0, 0.1) is 0 Å². The molecule has 0 aliphatic carbocycles. The van der Waals surface area contributed by atoms with Crippen molar-refractivity contribution >= 4 is 23.4 Å². The van der Waals surface area contributed by atoms with Crippen LogP contribution in [0.1, 0.15) is 0 Å². The van der Waals surface area contributed by atoms with Crippen LogP contribution in [0.15, 0.2) is 4.99 Å². The number of thiocarbonyl (C=S) groups is 1. The molecular weight excluding hydrogens is 112 g/mol. The average Bonchev–Trinajstić information content (AvgIpc) is 1.68. The topological polar surface area (TPSA) is 41.5 Å². The van der Waals surface area contributed by atoms with E-state index < -0.39 is 6.03 Å². The highest BCUT2D eigenvalue weighted by Gasteiger charge is 1.83. The summed E-state index contributed by atoms with van der Waals surface area (Å²) >= 11 is 4.12. The molecule has 0 aliphatic heterocycles. The first kappa shape index (κ1) is 6.27. The minimum atomic E-state index is -0.463. The molecule has 0 bridgehead atoms. The smallest absolute Gasteiger partial charge is 0.339 e. The Balaban J connectivity index is 3.58. The van der Waals surface area contributed by atoms with Gasteiger partial charge in [-0.15, -0.1) is 4.99 Å². The van der Waals surface area contributed by atoms with Crippen LogP contribution in [0.3, 0.4) is 0 Å². The van der Waals surface area contributed by atoms with E-state index >= 15 is 0 Å². The molecule has 0 saturated heterocycles. The highest BCUT2D eigenvalue weighted by Crippen LogP contribution is 1.63. The van der Waals surface area contributed by atoms with Crippen LogP contribution in [-0.4, -0.2) is 18.2 Å². The zero-order valence-corrected chi connectivity index (χ0v) is 4.58. The molecule has 0 aromatic heterocycles. The molecule has 0 unspecified atom stereocenters. The van der Waals surface area contributed by atoms with Crippen molar-refractivity contribution < 1.29 is 4.79 Å². The molecule has 0 aromatic rings. The summed E-state index contributed by atoms with van der Waals surface area (Å²) in [7, 11) is 1.47. The molecule has 0 aliphatic rings. The maximum Gasteiger partial charge on any atom is 0.349 e. The zero-order chi connectivity index (χ0) is 5.70. The van der Waals surface area contributed by atoms with Crippen LogP contribution in [0.5, 0.6) is 0 Å². The van der Waals surface area contributed by atoms with Gasteiger partial charge >= 0.3 is 6.03 Å². The maximum absolute atomic E-state index is 10.0. The number of rotatable bonds is 0. The highest BCUT2D eigenvalue weighted by molar-refractivity contribution is 7.78. The summed E-state index contributed by atoms with van der Waals surface area (Å²) in [6, 6.07) is -0.463. The lowest BCUT2D eigenvalue weighted by Gasteiger charge is -1.80. The van der Waals surface area contributed by atoms with Crippen molar-refractivity contribution in [3.8, 4) is 0 Å². The Morgan fingerprint density at radius 1 is 2.00 bits per heavy atom. The Hall–Kier alpha value is -0.730. The molecule has 2 amide bonds. The van der Waals surface area contributed by atoms with E-state index in [1.807, 2.05) is 5.16 Å². The van der Waals surface area contributed by atoms with Gasteiger partial charge in [-0.3, -0.25) is 0 Å². The van der Waals surface area contributed by atoms with Crippen molar-refractivity contribution in [1.29, 1.82) is 0 Å². The molecule has 0 radical (unpaired) electrons. The van der Waals surface area contributed by atoms with Crippen molar-refractivity contribution in [3.05, 3.63) is 0 Å². The summed E-state index contributed by atoms with van der Waals surface area (Å²) in [5.74, 6) is 0. The Morgan fingerprint density at radius 3 is 2.71 bits per heavy atom. The van der Waals surface area contributed by atoms with Crippen LogP contribution in [0.4, 0.5) is 4.79 Å². The molecule has 0 rings (SSSR count). The molecular formula is C3H4N2OS. The van der Waals surface area contributed by atoms with Gasteiger partial charge in [0.1, 0.15) is 0 Å². The molecule has 38 valence electrons. The number of aliphatic imine (C=N–C) groups is 1. The van der Waals surface area contributed by atoms with Crippen LogP contribution < -0.4 is 5.32 Å². The maximum atomic E-state index is 10.0. The Labute approximate surface area is 46.4 Å². The molecule has 0 spiro atoms. The highest BCUT2D eigenvalue weighted by atomic mass is 32.1. The fourth-order valence-corrected chi connectivity index (χ4v) is 0.180.